The van der Waals surface area contributed by atoms with Crippen LogP contribution < -0.4 is 5.32 Å². The first kappa shape index (κ1) is 24.6. The molecule has 182 valence electrons. The predicted molar refractivity (Wildman–Crippen MR) is 138 cm³/mol. The molecule has 7 nitrogen and oxygen atoms in total. The van der Waals surface area contributed by atoms with Gasteiger partial charge in [0.05, 0.1) is 24.8 Å². The van der Waals surface area contributed by atoms with Gasteiger partial charge in [0.1, 0.15) is 0 Å². The summed E-state index contributed by atoms with van der Waals surface area (Å²) in [6, 6.07) is 24.3. The first-order chi connectivity index (χ1) is 17.0. The zero-order chi connectivity index (χ0) is 24.6. The summed E-state index contributed by atoms with van der Waals surface area (Å²) in [6.07, 6.45) is 1.39. The molecule has 1 aliphatic rings. The van der Waals surface area contributed by atoms with E-state index in [9.17, 15) is 9.59 Å². The number of fused-ring (bicyclic) bond motifs is 1. The van der Waals surface area contributed by atoms with Crippen LogP contribution in [-0.4, -0.2) is 67.8 Å². The van der Waals surface area contributed by atoms with E-state index in [0.29, 0.717) is 19.6 Å². The molecule has 1 aliphatic heterocycles. The molecular formula is C28H32N4O3. The second-order valence-corrected chi connectivity index (χ2v) is 8.85. The standard InChI is InChI=1S/C28H32N4O3/c1-31(19-27(33)29-15-8-16-35-2)20-28(34)32-26(22-10-4-3-5-11-22)18-25(30-32)24-14-13-21-9-6-7-12-23(21)17-24/h3-7,9-14,17,26H,8,15-16,18-20H2,1-2H3,(H,29,33). The predicted octanol–water partition coefficient (Wildman–Crippen LogP) is 3.60. The van der Waals surface area contributed by atoms with E-state index in [1.807, 2.05) is 42.5 Å². The van der Waals surface area contributed by atoms with Crippen molar-refractivity contribution in [1.29, 1.82) is 0 Å². The number of hydrogen-bond donors (Lipinski definition) is 1. The Morgan fingerprint density at radius 2 is 1.77 bits per heavy atom. The first-order valence-electron chi connectivity index (χ1n) is 11.9. The van der Waals surface area contributed by atoms with Gasteiger partial charge in [-0.3, -0.25) is 14.5 Å². The zero-order valence-electron chi connectivity index (χ0n) is 20.3. The number of hydrogen-bond acceptors (Lipinski definition) is 5. The molecule has 1 atom stereocenters. The van der Waals surface area contributed by atoms with Crippen LogP contribution in [0.5, 0.6) is 0 Å². The van der Waals surface area contributed by atoms with Crippen LogP contribution in [0.1, 0.15) is 30.0 Å². The highest BCUT2D eigenvalue weighted by molar-refractivity contribution is 6.05. The Kier molecular flexibility index (Phi) is 8.23. The molecule has 0 saturated heterocycles. The van der Waals surface area contributed by atoms with Crippen molar-refractivity contribution >= 4 is 28.3 Å². The summed E-state index contributed by atoms with van der Waals surface area (Å²) in [5, 5.41) is 11.5. The lowest BCUT2D eigenvalue weighted by Gasteiger charge is -2.24. The molecule has 0 radical (unpaired) electrons. The number of nitrogens with one attached hydrogen (secondary N) is 1. The maximum atomic E-state index is 13.3. The van der Waals surface area contributed by atoms with Crippen LogP contribution in [-0.2, 0) is 14.3 Å². The van der Waals surface area contributed by atoms with Gasteiger partial charge in [0.25, 0.3) is 5.91 Å². The fourth-order valence-electron chi connectivity index (χ4n) is 4.32. The lowest BCUT2D eigenvalue weighted by Crippen LogP contribution is -2.41. The smallest absolute Gasteiger partial charge is 0.257 e. The zero-order valence-corrected chi connectivity index (χ0v) is 20.3. The Morgan fingerprint density at radius 3 is 2.54 bits per heavy atom. The minimum Gasteiger partial charge on any atom is -0.385 e. The van der Waals surface area contributed by atoms with E-state index in [4.69, 9.17) is 9.84 Å². The van der Waals surface area contributed by atoms with E-state index < -0.39 is 0 Å². The largest absolute Gasteiger partial charge is 0.385 e. The maximum absolute atomic E-state index is 13.3. The van der Waals surface area contributed by atoms with E-state index >= 15 is 0 Å². The number of benzene rings is 3. The Labute approximate surface area is 206 Å². The molecule has 1 N–H and O–H groups in total. The van der Waals surface area contributed by atoms with Crippen molar-refractivity contribution in [2.45, 2.75) is 18.9 Å². The molecule has 0 saturated carbocycles. The minimum atomic E-state index is -0.179. The third-order valence-electron chi connectivity index (χ3n) is 6.10. The number of ether oxygens (including phenoxy) is 1. The van der Waals surface area contributed by atoms with Crippen molar-refractivity contribution in [3.63, 3.8) is 0 Å². The molecule has 4 rings (SSSR count). The van der Waals surface area contributed by atoms with Gasteiger partial charge in [0, 0.05) is 26.7 Å². The Bertz CT molecular complexity index is 1200. The molecule has 0 bridgehead atoms. The Balaban J connectivity index is 1.48. The van der Waals surface area contributed by atoms with Gasteiger partial charge in [0.15, 0.2) is 0 Å². The van der Waals surface area contributed by atoms with Crippen LogP contribution in [0.2, 0.25) is 0 Å². The van der Waals surface area contributed by atoms with E-state index in [1.54, 1.807) is 24.1 Å². The Morgan fingerprint density at radius 1 is 1.03 bits per heavy atom. The number of likely N-dealkylation sites (N-methyl/N-ethyl adjacent to an activating group) is 1. The molecule has 35 heavy (non-hydrogen) atoms. The number of rotatable bonds is 10. The number of carbonyl (C=O) groups excluding carboxylic acids is 2. The summed E-state index contributed by atoms with van der Waals surface area (Å²) in [7, 11) is 3.41. The summed E-state index contributed by atoms with van der Waals surface area (Å²) in [6.45, 7) is 1.39. The van der Waals surface area contributed by atoms with Crippen molar-refractivity contribution in [2.24, 2.45) is 5.10 Å². The molecule has 3 aromatic rings. The van der Waals surface area contributed by atoms with Crippen LogP contribution in [0.25, 0.3) is 10.8 Å². The quantitative estimate of drug-likeness (QED) is 0.458. The molecule has 2 amide bonds. The molecule has 1 heterocycles. The molecular weight excluding hydrogens is 440 g/mol. The fourth-order valence-corrected chi connectivity index (χ4v) is 4.32. The summed E-state index contributed by atoms with van der Waals surface area (Å²) in [4.78, 5) is 27.3. The van der Waals surface area contributed by atoms with Gasteiger partial charge in [-0.25, -0.2) is 5.01 Å². The van der Waals surface area contributed by atoms with Crippen molar-refractivity contribution in [2.75, 3.05) is 40.4 Å². The molecule has 1 unspecified atom stereocenters. The van der Waals surface area contributed by atoms with Crippen molar-refractivity contribution < 1.29 is 14.3 Å². The Hall–Kier alpha value is -3.55. The van der Waals surface area contributed by atoms with Crippen molar-refractivity contribution in [3.8, 4) is 0 Å². The second kappa shape index (κ2) is 11.7. The topological polar surface area (TPSA) is 74.2 Å². The van der Waals surface area contributed by atoms with Gasteiger partial charge in [-0.1, -0.05) is 66.7 Å². The highest BCUT2D eigenvalue weighted by Crippen LogP contribution is 2.33. The van der Waals surface area contributed by atoms with Crippen molar-refractivity contribution in [1.82, 2.24) is 15.2 Å². The number of nitrogens with zero attached hydrogens (tertiary/aromatic N) is 3. The van der Waals surface area contributed by atoms with E-state index in [1.165, 1.54) is 5.39 Å². The molecule has 0 fully saturated rings. The third kappa shape index (κ3) is 6.32. The van der Waals surface area contributed by atoms with Crippen molar-refractivity contribution in [3.05, 3.63) is 83.9 Å². The number of hydrazone groups is 1. The second-order valence-electron chi connectivity index (χ2n) is 8.85. The average Bonchev–Trinajstić information content (AvgIpc) is 3.33. The normalized spacial score (nSPS) is 15.5. The SMILES string of the molecule is COCCCNC(=O)CN(C)CC(=O)N1N=C(c2ccc3ccccc3c2)CC1c1ccccc1. The number of amides is 2. The van der Waals surface area contributed by atoms with Crippen LogP contribution >= 0.6 is 0 Å². The van der Waals surface area contributed by atoms with Crippen LogP contribution in [0, 0.1) is 0 Å². The fraction of sp³-hybridized carbons (Fsp3) is 0.321. The van der Waals surface area contributed by atoms with E-state index in [2.05, 4.69) is 35.6 Å². The lowest BCUT2D eigenvalue weighted by molar-refractivity contribution is -0.134. The summed E-state index contributed by atoms with van der Waals surface area (Å²) in [5.41, 5.74) is 2.94. The van der Waals surface area contributed by atoms with E-state index in [-0.39, 0.29) is 30.9 Å². The highest BCUT2D eigenvalue weighted by Gasteiger charge is 2.33. The van der Waals surface area contributed by atoms with Gasteiger partial charge < -0.3 is 10.1 Å². The van der Waals surface area contributed by atoms with Gasteiger partial charge >= 0.3 is 0 Å². The first-order valence-corrected chi connectivity index (χ1v) is 11.9. The van der Waals surface area contributed by atoms with Gasteiger partial charge in [-0.15, -0.1) is 0 Å². The highest BCUT2D eigenvalue weighted by atomic mass is 16.5. The van der Waals surface area contributed by atoms with Gasteiger partial charge in [-0.05, 0) is 41.4 Å². The van der Waals surface area contributed by atoms with Crippen LogP contribution in [0.15, 0.2) is 77.9 Å². The molecule has 0 spiro atoms. The summed E-state index contributed by atoms with van der Waals surface area (Å²) < 4.78 is 5.00. The summed E-state index contributed by atoms with van der Waals surface area (Å²) >= 11 is 0. The average molecular weight is 473 g/mol. The monoisotopic (exact) mass is 472 g/mol. The lowest BCUT2D eigenvalue weighted by atomic mass is 9.97. The summed E-state index contributed by atoms with van der Waals surface area (Å²) in [5.74, 6) is -0.248. The molecule has 0 aliphatic carbocycles. The number of methoxy groups -OCH3 is 1. The number of carbonyl (C=O) groups is 2. The van der Waals surface area contributed by atoms with Crippen LogP contribution in [0.4, 0.5) is 0 Å². The third-order valence-corrected chi connectivity index (χ3v) is 6.10. The molecule has 3 aromatic carbocycles. The van der Waals surface area contributed by atoms with Gasteiger partial charge in [-0.2, -0.15) is 5.10 Å². The molecule has 0 aromatic heterocycles. The van der Waals surface area contributed by atoms with E-state index in [0.717, 1.165) is 28.6 Å². The van der Waals surface area contributed by atoms with Gasteiger partial charge in [0.2, 0.25) is 5.91 Å². The van der Waals surface area contributed by atoms with Crippen LogP contribution in [0.3, 0.4) is 0 Å². The minimum absolute atomic E-state index is 0.101. The molecule has 7 heteroatoms. The maximum Gasteiger partial charge on any atom is 0.257 e.